The van der Waals surface area contributed by atoms with Gasteiger partial charge in [-0.3, -0.25) is 4.79 Å². The Kier molecular flexibility index (Phi) is 6.26. The Hall–Kier alpha value is -2.93. The highest BCUT2D eigenvalue weighted by Crippen LogP contribution is 2.25. The van der Waals surface area contributed by atoms with E-state index in [-0.39, 0.29) is 5.91 Å². The molecule has 1 amide bonds. The second kappa shape index (κ2) is 8.84. The molecule has 0 radical (unpaired) electrons. The van der Waals surface area contributed by atoms with Crippen LogP contribution in [0.25, 0.3) is 0 Å². The molecule has 146 valence electrons. The Morgan fingerprint density at radius 3 is 2.50 bits per heavy atom. The largest absolute Gasteiger partial charge is 0.497 e. The molecule has 7 heteroatoms. The van der Waals surface area contributed by atoms with Crippen molar-refractivity contribution in [1.29, 1.82) is 0 Å². The lowest BCUT2D eigenvalue weighted by Gasteiger charge is -2.29. The van der Waals surface area contributed by atoms with Crippen molar-refractivity contribution in [2.45, 2.75) is 33.4 Å². The Bertz CT molecular complexity index is 938. The van der Waals surface area contributed by atoms with E-state index in [1.165, 1.54) is 16.9 Å². The van der Waals surface area contributed by atoms with E-state index in [9.17, 15) is 4.79 Å². The molecule has 0 saturated heterocycles. The number of amides is 1. The number of hydrogen-bond acceptors (Lipinski definition) is 6. The van der Waals surface area contributed by atoms with E-state index in [0.717, 1.165) is 16.4 Å². The number of anilines is 2. The fourth-order valence-corrected chi connectivity index (χ4v) is 3.58. The predicted octanol–water partition coefficient (Wildman–Crippen LogP) is 4.52. The summed E-state index contributed by atoms with van der Waals surface area (Å²) in [6.45, 7) is 6.99. The van der Waals surface area contributed by atoms with Crippen molar-refractivity contribution in [3.05, 3.63) is 64.1 Å². The number of aromatic nitrogens is 2. The maximum absolute atomic E-state index is 12.5. The zero-order valence-corrected chi connectivity index (χ0v) is 17.3. The second-order valence-corrected chi connectivity index (χ2v) is 7.75. The minimum atomic E-state index is -0.263. The smallest absolute Gasteiger partial charge is 0.286 e. The second-order valence-electron chi connectivity index (χ2n) is 6.69. The normalized spacial score (nSPS) is 10.8. The summed E-state index contributed by atoms with van der Waals surface area (Å²) in [4.78, 5) is 14.7. The fraction of sp³-hybridized carbons (Fsp3) is 0.286. The van der Waals surface area contributed by atoms with Crippen molar-refractivity contribution in [3.63, 3.8) is 0 Å². The summed E-state index contributed by atoms with van der Waals surface area (Å²) in [5, 5.41) is 12.3. The summed E-state index contributed by atoms with van der Waals surface area (Å²) in [6, 6.07) is 15.7. The summed E-state index contributed by atoms with van der Waals surface area (Å²) in [5.74, 6) is 0.474. The fourth-order valence-electron chi connectivity index (χ4n) is 2.85. The van der Waals surface area contributed by atoms with Crippen LogP contribution in [0.5, 0.6) is 5.75 Å². The van der Waals surface area contributed by atoms with Gasteiger partial charge in [-0.25, -0.2) is 0 Å². The van der Waals surface area contributed by atoms with Gasteiger partial charge in [0.05, 0.1) is 13.7 Å². The SMILES string of the molecule is COc1ccc(NC(=O)c2nnc(CN(c3ccccc3C)C(C)C)s2)cc1. The maximum Gasteiger partial charge on any atom is 0.286 e. The van der Waals surface area contributed by atoms with Crippen LogP contribution in [0.3, 0.4) is 0 Å². The molecule has 0 aliphatic heterocycles. The predicted molar refractivity (Wildman–Crippen MR) is 113 cm³/mol. The molecule has 6 nitrogen and oxygen atoms in total. The first kappa shape index (κ1) is 19.8. The van der Waals surface area contributed by atoms with E-state index in [2.05, 4.69) is 53.3 Å². The molecular formula is C21H24N4O2S. The van der Waals surface area contributed by atoms with E-state index in [1.807, 2.05) is 12.1 Å². The first-order valence-electron chi connectivity index (χ1n) is 9.08. The third-order valence-corrected chi connectivity index (χ3v) is 5.27. The lowest BCUT2D eigenvalue weighted by atomic mass is 10.1. The van der Waals surface area contributed by atoms with E-state index in [1.54, 1.807) is 31.4 Å². The average Bonchev–Trinajstić information content (AvgIpc) is 3.16. The van der Waals surface area contributed by atoms with E-state index in [4.69, 9.17) is 4.74 Å². The number of carbonyl (C=O) groups is 1. The zero-order valence-electron chi connectivity index (χ0n) is 16.5. The van der Waals surface area contributed by atoms with Crippen molar-refractivity contribution in [3.8, 4) is 5.75 Å². The first-order chi connectivity index (χ1) is 13.5. The van der Waals surface area contributed by atoms with Gasteiger partial charge >= 0.3 is 0 Å². The standard InChI is InChI=1S/C21H24N4O2S/c1-14(2)25(18-8-6-5-7-15(18)3)13-19-23-24-21(28-19)20(26)22-16-9-11-17(27-4)12-10-16/h5-12,14H,13H2,1-4H3,(H,22,26). The van der Waals surface area contributed by atoms with Crippen molar-refractivity contribution in [1.82, 2.24) is 10.2 Å². The van der Waals surface area contributed by atoms with Gasteiger partial charge in [-0.1, -0.05) is 29.5 Å². The molecule has 0 spiro atoms. The monoisotopic (exact) mass is 396 g/mol. The average molecular weight is 397 g/mol. The molecule has 0 bridgehead atoms. The molecule has 3 rings (SSSR count). The summed E-state index contributed by atoms with van der Waals surface area (Å²) in [5.41, 5.74) is 3.06. The number of carbonyl (C=O) groups excluding carboxylic acids is 1. The number of aryl methyl sites for hydroxylation is 1. The Morgan fingerprint density at radius 1 is 1.14 bits per heavy atom. The number of hydrogen-bond donors (Lipinski definition) is 1. The van der Waals surface area contributed by atoms with Crippen LogP contribution < -0.4 is 15.0 Å². The Balaban J connectivity index is 1.71. The summed E-state index contributed by atoms with van der Waals surface area (Å²) in [6.07, 6.45) is 0. The Morgan fingerprint density at radius 2 is 1.86 bits per heavy atom. The number of para-hydroxylation sites is 1. The van der Waals surface area contributed by atoms with Crippen LogP contribution in [0, 0.1) is 6.92 Å². The van der Waals surface area contributed by atoms with Crippen LogP contribution in [-0.2, 0) is 6.54 Å². The number of ether oxygens (including phenoxy) is 1. The molecule has 1 N–H and O–H groups in total. The molecular weight excluding hydrogens is 372 g/mol. The molecule has 0 aliphatic carbocycles. The van der Waals surface area contributed by atoms with Gasteiger partial charge in [0.15, 0.2) is 0 Å². The topological polar surface area (TPSA) is 67.3 Å². The molecule has 3 aromatic rings. The number of benzene rings is 2. The van der Waals surface area contributed by atoms with Crippen LogP contribution in [0.15, 0.2) is 48.5 Å². The van der Waals surface area contributed by atoms with Crippen LogP contribution in [0.2, 0.25) is 0 Å². The van der Waals surface area contributed by atoms with Crippen molar-refractivity contribution < 1.29 is 9.53 Å². The van der Waals surface area contributed by atoms with Gasteiger partial charge in [-0.15, -0.1) is 10.2 Å². The summed E-state index contributed by atoms with van der Waals surface area (Å²) < 4.78 is 5.13. The lowest BCUT2D eigenvalue weighted by molar-refractivity contribution is 0.102. The number of rotatable bonds is 7. The molecule has 28 heavy (non-hydrogen) atoms. The quantitative estimate of drug-likeness (QED) is 0.636. The molecule has 0 unspecified atom stereocenters. The maximum atomic E-state index is 12.5. The first-order valence-corrected chi connectivity index (χ1v) is 9.89. The van der Waals surface area contributed by atoms with Gasteiger partial charge in [-0.05, 0) is 56.7 Å². The molecule has 0 fully saturated rings. The van der Waals surface area contributed by atoms with E-state index in [0.29, 0.717) is 23.3 Å². The van der Waals surface area contributed by atoms with Gasteiger partial charge < -0.3 is 15.0 Å². The Labute approximate surface area is 169 Å². The van der Waals surface area contributed by atoms with E-state index < -0.39 is 0 Å². The minimum absolute atomic E-state index is 0.263. The van der Waals surface area contributed by atoms with Crippen molar-refractivity contribution >= 4 is 28.6 Å². The van der Waals surface area contributed by atoms with Crippen molar-refractivity contribution in [2.24, 2.45) is 0 Å². The third-order valence-electron chi connectivity index (χ3n) is 4.36. The lowest BCUT2D eigenvalue weighted by Crippen LogP contribution is -2.30. The number of nitrogens with one attached hydrogen (secondary N) is 1. The molecule has 0 atom stereocenters. The molecule has 2 aromatic carbocycles. The van der Waals surface area contributed by atoms with E-state index >= 15 is 0 Å². The minimum Gasteiger partial charge on any atom is -0.497 e. The van der Waals surface area contributed by atoms with Crippen LogP contribution in [-0.4, -0.2) is 29.3 Å². The molecule has 0 saturated carbocycles. The van der Waals surface area contributed by atoms with Gasteiger partial charge in [0, 0.05) is 17.4 Å². The van der Waals surface area contributed by atoms with Crippen molar-refractivity contribution in [2.75, 3.05) is 17.3 Å². The summed E-state index contributed by atoms with van der Waals surface area (Å²) >= 11 is 1.31. The third kappa shape index (κ3) is 4.67. The van der Waals surface area contributed by atoms with Crippen LogP contribution in [0.4, 0.5) is 11.4 Å². The highest BCUT2D eigenvalue weighted by molar-refractivity contribution is 7.13. The highest BCUT2D eigenvalue weighted by Gasteiger charge is 2.18. The molecule has 0 aliphatic rings. The molecule has 1 heterocycles. The number of methoxy groups -OCH3 is 1. The van der Waals surface area contributed by atoms with Gasteiger partial charge in [0.2, 0.25) is 5.01 Å². The van der Waals surface area contributed by atoms with Gasteiger partial charge in [0.1, 0.15) is 10.8 Å². The van der Waals surface area contributed by atoms with Crippen LogP contribution >= 0.6 is 11.3 Å². The molecule has 1 aromatic heterocycles. The summed E-state index contributed by atoms with van der Waals surface area (Å²) in [7, 11) is 1.60. The number of nitrogens with zero attached hydrogens (tertiary/aromatic N) is 3. The van der Waals surface area contributed by atoms with Crippen LogP contribution in [0.1, 0.15) is 34.2 Å². The highest BCUT2D eigenvalue weighted by atomic mass is 32.1. The zero-order chi connectivity index (χ0) is 20.1. The van der Waals surface area contributed by atoms with Gasteiger partial charge in [0.25, 0.3) is 5.91 Å². The van der Waals surface area contributed by atoms with Gasteiger partial charge in [-0.2, -0.15) is 0 Å².